The molecule has 4 rings (SSSR count). The Kier molecular flexibility index (Phi) is 7.66. The summed E-state index contributed by atoms with van der Waals surface area (Å²) >= 11 is 6.30. The fraction of sp³-hybridized carbons (Fsp3) is 0.520. The van der Waals surface area contributed by atoms with Gasteiger partial charge in [-0.25, -0.2) is 0 Å². The van der Waals surface area contributed by atoms with Gasteiger partial charge in [0.15, 0.2) is 0 Å². The second-order valence-electron chi connectivity index (χ2n) is 9.28. The van der Waals surface area contributed by atoms with Gasteiger partial charge in [0.05, 0.1) is 23.8 Å². The molecule has 172 valence electrons. The number of halogens is 1. The monoisotopic (exact) mass is 455 g/mol. The number of aromatic nitrogens is 1. The maximum absolute atomic E-state index is 13.2. The topological polar surface area (TPSA) is 51.7 Å². The fourth-order valence-electron chi connectivity index (χ4n) is 4.27. The van der Waals surface area contributed by atoms with Crippen molar-refractivity contribution in [3.8, 4) is 0 Å². The van der Waals surface area contributed by atoms with Crippen LogP contribution in [0.1, 0.15) is 29.7 Å². The number of anilines is 1. The summed E-state index contributed by atoms with van der Waals surface area (Å²) in [6.07, 6.45) is 5.53. The Morgan fingerprint density at radius 1 is 1.22 bits per heavy atom. The van der Waals surface area contributed by atoms with E-state index in [4.69, 9.17) is 11.6 Å². The lowest BCUT2D eigenvalue weighted by Gasteiger charge is -2.30. The molecule has 2 aliphatic rings. The highest BCUT2D eigenvalue weighted by Gasteiger charge is 2.27. The van der Waals surface area contributed by atoms with E-state index in [9.17, 15) is 4.79 Å². The van der Waals surface area contributed by atoms with Crippen LogP contribution in [0.15, 0.2) is 36.5 Å². The number of fused-ring (bicyclic) bond motifs is 1. The van der Waals surface area contributed by atoms with E-state index < -0.39 is 0 Å². The van der Waals surface area contributed by atoms with Crippen molar-refractivity contribution in [2.24, 2.45) is 5.92 Å². The minimum Gasteiger partial charge on any atom is -0.376 e. The predicted molar refractivity (Wildman–Crippen MR) is 130 cm³/mol. The highest BCUT2D eigenvalue weighted by atomic mass is 35.5. The van der Waals surface area contributed by atoms with Gasteiger partial charge in [0.1, 0.15) is 0 Å². The normalized spacial score (nSPS) is 16.1. The van der Waals surface area contributed by atoms with Crippen LogP contribution in [-0.4, -0.2) is 72.4 Å². The highest BCUT2D eigenvalue weighted by molar-refractivity contribution is 6.31. The van der Waals surface area contributed by atoms with Gasteiger partial charge in [-0.15, -0.1) is 0 Å². The summed E-state index contributed by atoms with van der Waals surface area (Å²) in [4.78, 5) is 24.0. The quantitative estimate of drug-likeness (QED) is 0.594. The zero-order valence-corrected chi connectivity index (χ0v) is 19.9. The molecule has 0 atom stereocenters. The molecule has 0 unspecified atom stereocenters. The van der Waals surface area contributed by atoms with Gasteiger partial charge in [-0.2, -0.15) is 0 Å². The van der Waals surface area contributed by atoms with E-state index in [1.165, 1.54) is 30.5 Å². The van der Waals surface area contributed by atoms with Crippen LogP contribution < -0.4 is 5.32 Å². The third-order valence-electron chi connectivity index (χ3n) is 6.33. The number of carbonyl (C=O) groups is 1. The number of pyridine rings is 1. The zero-order chi connectivity index (χ0) is 22.5. The summed E-state index contributed by atoms with van der Waals surface area (Å²) < 4.78 is 0. The van der Waals surface area contributed by atoms with Crippen LogP contribution in [0, 0.1) is 5.92 Å². The van der Waals surface area contributed by atoms with E-state index in [-0.39, 0.29) is 12.5 Å². The molecule has 0 spiro atoms. The average molecular weight is 456 g/mol. The van der Waals surface area contributed by atoms with Gasteiger partial charge in [0.25, 0.3) is 0 Å². The molecule has 0 bridgehead atoms. The molecule has 1 aliphatic heterocycles. The first-order valence-electron chi connectivity index (χ1n) is 11.6. The number of amides is 1. The third-order valence-corrected chi connectivity index (χ3v) is 6.68. The van der Waals surface area contributed by atoms with Crippen molar-refractivity contribution >= 4 is 23.2 Å². The van der Waals surface area contributed by atoms with E-state index in [1.807, 2.05) is 31.1 Å². The lowest BCUT2D eigenvalue weighted by Crippen LogP contribution is -2.39. The molecule has 6 nitrogen and oxygen atoms in total. The summed E-state index contributed by atoms with van der Waals surface area (Å²) in [5.74, 6) is 0.966. The molecule has 1 aliphatic carbocycles. The smallest absolute Gasteiger partial charge is 0.242 e. The minimum absolute atomic E-state index is 0.0531. The molecule has 7 heteroatoms. The van der Waals surface area contributed by atoms with E-state index in [0.717, 1.165) is 43.4 Å². The third kappa shape index (κ3) is 6.21. The van der Waals surface area contributed by atoms with Gasteiger partial charge < -0.3 is 15.1 Å². The van der Waals surface area contributed by atoms with Gasteiger partial charge in [-0.05, 0) is 68.6 Å². The van der Waals surface area contributed by atoms with Crippen LogP contribution in [-0.2, 0) is 24.3 Å². The molecule has 1 amide bonds. The SMILES string of the molecule is CN(C)CCN(Cc1ncccc1Cl)C(=O)CNc1cccc2c1CCN(CC1CC1)C2. The fourth-order valence-corrected chi connectivity index (χ4v) is 4.45. The van der Waals surface area contributed by atoms with Crippen molar-refractivity contribution in [2.45, 2.75) is 32.4 Å². The molecule has 0 radical (unpaired) electrons. The maximum Gasteiger partial charge on any atom is 0.242 e. The number of benzene rings is 1. The average Bonchev–Trinajstić information content (AvgIpc) is 3.59. The maximum atomic E-state index is 13.2. The number of nitrogens with one attached hydrogen (secondary N) is 1. The molecule has 0 saturated heterocycles. The largest absolute Gasteiger partial charge is 0.376 e. The number of likely N-dealkylation sites (N-methyl/N-ethyl adjacent to an activating group) is 1. The van der Waals surface area contributed by atoms with Gasteiger partial charge in [-0.3, -0.25) is 14.7 Å². The number of hydrogen-bond donors (Lipinski definition) is 1. The van der Waals surface area contributed by atoms with Crippen LogP contribution in [0.2, 0.25) is 5.02 Å². The number of carbonyl (C=O) groups excluding carboxylic acids is 1. The van der Waals surface area contributed by atoms with Crippen molar-refractivity contribution in [2.75, 3.05) is 52.1 Å². The highest BCUT2D eigenvalue weighted by Crippen LogP contribution is 2.32. The molecule has 1 aromatic heterocycles. The first-order chi connectivity index (χ1) is 15.5. The number of nitrogens with zero attached hydrogens (tertiary/aromatic N) is 4. The minimum atomic E-state index is 0.0531. The Morgan fingerprint density at radius 3 is 2.81 bits per heavy atom. The van der Waals surface area contributed by atoms with Gasteiger partial charge in [0.2, 0.25) is 5.91 Å². The molecular weight excluding hydrogens is 422 g/mol. The molecule has 1 N–H and O–H groups in total. The first-order valence-corrected chi connectivity index (χ1v) is 12.0. The van der Waals surface area contributed by atoms with Crippen LogP contribution >= 0.6 is 11.6 Å². The van der Waals surface area contributed by atoms with Crippen LogP contribution in [0.3, 0.4) is 0 Å². The van der Waals surface area contributed by atoms with Crippen LogP contribution in [0.5, 0.6) is 0 Å². The van der Waals surface area contributed by atoms with Crippen molar-refractivity contribution in [3.05, 3.63) is 58.4 Å². The van der Waals surface area contributed by atoms with Crippen LogP contribution in [0.25, 0.3) is 0 Å². The Morgan fingerprint density at radius 2 is 2.06 bits per heavy atom. The number of hydrogen-bond acceptors (Lipinski definition) is 5. The van der Waals surface area contributed by atoms with E-state index in [0.29, 0.717) is 18.1 Å². The van der Waals surface area contributed by atoms with Crippen molar-refractivity contribution < 1.29 is 4.79 Å². The Bertz CT molecular complexity index is 930. The molecule has 2 aromatic rings. The van der Waals surface area contributed by atoms with Gasteiger partial charge in [0, 0.05) is 44.6 Å². The molecule has 1 aromatic carbocycles. The second-order valence-corrected chi connectivity index (χ2v) is 9.68. The van der Waals surface area contributed by atoms with Gasteiger partial charge in [-0.1, -0.05) is 23.7 Å². The molecule has 32 heavy (non-hydrogen) atoms. The molecular formula is C25H34ClN5O. The van der Waals surface area contributed by atoms with Gasteiger partial charge >= 0.3 is 0 Å². The summed E-state index contributed by atoms with van der Waals surface area (Å²) in [6.45, 7) is 5.44. The van der Waals surface area contributed by atoms with Crippen molar-refractivity contribution in [3.63, 3.8) is 0 Å². The first kappa shape index (κ1) is 23.0. The second kappa shape index (κ2) is 10.6. The Hall–Kier alpha value is -2.15. The molecule has 1 fully saturated rings. The lowest BCUT2D eigenvalue weighted by atomic mass is 9.97. The lowest BCUT2D eigenvalue weighted by molar-refractivity contribution is -0.130. The Balaban J connectivity index is 1.39. The molecule has 1 saturated carbocycles. The molecule has 2 heterocycles. The van der Waals surface area contributed by atoms with E-state index >= 15 is 0 Å². The van der Waals surface area contributed by atoms with Crippen molar-refractivity contribution in [1.82, 2.24) is 19.7 Å². The summed E-state index contributed by atoms with van der Waals surface area (Å²) in [6, 6.07) is 10.1. The summed E-state index contributed by atoms with van der Waals surface area (Å²) in [5.41, 5.74) is 4.57. The van der Waals surface area contributed by atoms with E-state index in [2.05, 4.69) is 38.3 Å². The van der Waals surface area contributed by atoms with Crippen LogP contribution in [0.4, 0.5) is 5.69 Å². The van der Waals surface area contributed by atoms with E-state index in [1.54, 1.807) is 6.20 Å². The predicted octanol–water partition coefficient (Wildman–Crippen LogP) is 3.51. The zero-order valence-electron chi connectivity index (χ0n) is 19.2. The van der Waals surface area contributed by atoms with Crippen molar-refractivity contribution in [1.29, 1.82) is 0 Å². The summed E-state index contributed by atoms with van der Waals surface area (Å²) in [5, 5.41) is 4.03. The standard InChI is InChI=1S/C25H34ClN5O/c1-29(2)13-14-31(18-24-22(26)6-4-11-27-24)25(32)15-28-23-7-3-5-20-17-30(12-10-21(20)23)16-19-8-9-19/h3-7,11,19,28H,8-10,12-18H2,1-2H3. The summed E-state index contributed by atoms with van der Waals surface area (Å²) in [7, 11) is 4.02. The Labute approximate surface area is 196 Å². The number of rotatable bonds is 10.